The smallest absolute Gasteiger partial charge is 0.287 e. The number of carbonyl (C=O) groups is 1. The summed E-state index contributed by atoms with van der Waals surface area (Å²) in [6.07, 6.45) is 0. The third-order valence-electron chi connectivity index (χ3n) is 4.13. The second-order valence-corrected chi connectivity index (χ2v) is 5.94. The van der Waals surface area contributed by atoms with Crippen molar-refractivity contribution in [1.82, 2.24) is 10.2 Å². The van der Waals surface area contributed by atoms with Gasteiger partial charge in [-0.2, -0.15) is 0 Å². The number of methoxy groups -OCH3 is 1. The van der Waals surface area contributed by atoms with Gasteiger partial charge in [-0.3, -0.25) is 9.69 Å². The maximum absolute atomic E-state index is 12.2. The van der Waals surface area contributed by atoms with Crippen LogP contribution in [0, 0.1) is 0 Å². The van der Waals surface area contributed by atoms with Crippen LogP contribution in [-0.4, -0.2) is 57.3 Å². The number of ether oxygens (including phenoxy) is 3. The Kier molecular flexibility index (Phi) is 6.51. The summed E-state index contributed by atoms with van der Waals surface area (Å²) < 4.78 is 21.7. The fourth-order valence-corrected chi connectivity index (χ4v) is 2.66. The molecular weight excluding hydrogens is 336 g/mol. The number of nitrogens with zero attached hydrogens (tertiary/aromatic N) is 1. The van der Waals surface area contributed by atoms with E-state index in [1.807, 2.05) is 18.2 Å². The quantitative estimate of drug-likeness (QED) is 0.775. The molecule has 0 radical (unpaired) electrons. The van der Waals surface area contributed by atoms with Crippen LogP contribution in [0.5, 0.6) is 11.5 Å². The standard InChI is InChI=1S/C19H24N2O5/c1-23-15-3-2-4-16(13-15)25-14-17-5-6-18(26-17)19(22)20-7-8-21-9-11-24-12-10-21/h2-6,13H,7-12,14H2,1H3,(H,20,22). The molecule has 1 amide bonds. The Morgan fingerprint density at radius 2 is 2.00 bits per heavy atom. The van der Waals surface area contributed by atoms with Crippen LogP contribution < -0.4 is 14.8 Å². The summed E-state index contributed by atoms with van der Waals surface area (Å²) in [6.45, 7) is 4.95. The first kappa shape index (κ1) is 18.3. The first-order chi connectivity index (χ1) is 12.7. The zero-order valence-electron chi connectivity index (χ0n) is 14.9. The summed E-state index contributed by atoms with van der Waals surface area (Å²) in [5.74, 6) is 2.06. The lowest BCUT2D eigenvalue weighted by Gasteiger charge is -2.26. The number of rotatable bonds is 8. The molecule has 0 saturated carbocycles. The van der Waals surface area contributed by atoms with E-state index >= 15 is 0 Å². The molecule has 2 heterocycles. The minimum atomic E-state index is -0.217. The van der Waals surface area contributed by atoms with E-state index in [0.717, 1.165) is 38.6 Å². The number of morpholine rings is 1. The normalized spacial score (nSPS) is 14.8. The number of hydrogen-bond donors (Lipinski definition) is 1. The Bertz CT molecular complexity index is 709. The molecule has 0 atom stereocenters. The van der Waals surface area contributed by atoms with Crippen LogP contribution >= 0.6 is 0 Å². The molecule has 26 heavy (non-hydrogen) atoms. The molecule has 0 bridgehead atoms. The van der Waals surface area contributed by atoms with E-state index in [2.05, 4.69) is 10.2 Å². The number of nitrogens with one attached hydrogen (secondary N) is 1. The fraction of sp³-hybridized carbons (Fsp3) is 0.421. The maximum Gasteiger partial charge on any atom is 0.287 e. The lowest BCUT2D eigenvalue weighted by molar-refractivity contribution is 0.0382. The molecule has 0 aliphatic carbocycles. The van der Waals surface area contributed by atoms with Gasteiger partial charge >= 0.3 is 0 Å². The molecular formula is C19H24N2O5. The van der Waals surface area contributed by atoms with Gasteiger partial charge in [0.25, 0.3) is 5.91 Å². The third-order valence-corrected chi connectivity index (χ3v) is 4.13. The van der Waals surface area contributed by atoms with E-state index < -0.39 is 0 Å². The molecule has 1 aliphatic rings. The second-order valence-electron chi connectivity index (χ2n) is 5.94. The Hall–Kier alpha value is -2.51. The van der Waals surface area contributed by atoms with E-state index in [0.29, 0.717) is 18.1 Å². The predicted octanol–water partition coefficient (Wildman–Crippen LogP) is 1.93. The SMILES string of the molecule is COc1cccc(OCc2ccc(C(=O)NCCN3CCOCC3)o2)c1. The molecule has 1 aromatic carbocycles. The van der Waals surface area contributed by atoms with Gasteiger partial charge in [0.1, 0.15) is 23.9 Å². The van der Waals surface area contributed by atoms with Crippen LogP contribution in [0.3, 0.4) is 0 Å². The van der Waals surface area contributed by atoms with Crippen molar-refractivity contribution in [1.29, 1.82) is 0 Å². The van der Waals surface area contributed by atoms with Crippen molar-refractivity contribution in [2.75, 3.05) is 46.5 Å². The number of hydrogen-bond acceptors (Lipinski definition) is 6. The third kappa shape index (κ3) is 5.24. The van der Waals surface area contributed by atoms with Crippen LogP contribution in [-0.2, 0) is 11.3 Å². The Labute approximate surface area is 152 Å². The molecule has 1 N–H and O–H groups in total. The van der Waals surface area contributed by atoms with Crippen LogP contribution in [0.2, 0.25) is 0 Å². The molecule has 1 aromatic heterocycles. The van der Waals surface area contributed by atoms with Crippen molar-refractivity contribution < 1.29 is 23.4 Å². The molecule has 7 heteroatoms. The minimum Gasteiger partial charge on any atom is -0.497 e. The highest BCUT2D eigenvalue weighted by Gasteiger charge is 2.13. The van der Waals surface area contributed by atoms with Crippen molar-refractivity contribution in [3.05, 3.63) is 47.9 Å². The lowest BCUT2D eigenvalue weighted by Crippen LogP contribution is -2.41. The molecule has 0 spiro atoms. The van der Waals surface area contributed by atoms with E-state index in [4.69, 9.17) is 18.6 Å². The van der Waals surface area contributed by atoms with Crippen molar-refractivity contribution in [3.63, 3.8) is 0 Å². The zero-order valence-corrected chi connectivity index (χ0v) is 14.9. The maximum atomic E-state index is 12.2. The Balaban J connectivity index is 1.43. The van der Waals surface area contributed by atoms with Gasteiger partial charge in [-0.15, -0.1) is 0 Å². The largest absolute Gasteiger partial charge is 0.497 e. The molecule has 2 aromatic rings. The lowest BCUT2D eigenvalue weighted by atomic mass is 10.3. The topological polar surface area (TPSA) is 73.2 Å². The van der Waals surface area contributed by atoms with Crippen molar-refractivity contribution in [2.45, 2.75) is 6.61 Å². The molecule has 140 valence electrons. The molecule has 1 fully saturated rings. The fourth-order valence-electron chi connectivity index (χ4n) is 2.66. The molecule has 1 saturated heterocycles. The number of carbonyl (C=O) groups excluding carboxylic acids is 1. The van der Waals surface area contributed by atoms with Crippen molar-refractivity contribution in [2.24, 2.45) is 0 Å². The first-order valence-electron chi connectivity index (χ1n) is 8.68. The van der Waals surface area contributed by atoms with E-state index in [1.54, 1.807) is 25.3 Å². The van der Waals surface area contributed by atoms with Crippen LogP contribution in [0.1, 0.15) is 16.3 Å². The van der Waals surface area contributed by atoms with Gasteiger partial charge in [0.05, 0.1) is 20.3 Å². The Morgan fingerprint density at radius 1 is 1.19 bits per heavy atom. The molecule has 3 rings (SSSR count). The van der Waals surface area contributed by atoms with E-state index in [9.17, 15) is 4.79 Å². The van der Waals surface area contributed by atoms with Crippen molar-refractivity contribution in [3.8, 4) is 11.5 Å². The first-order valence-corrected chi connectivity index (χ1v) is 8.68. The van der Waals surface area contributed by atoms with Crippen LogP contribution in [0.15, 0.2) is 40.8 Å². The van der Waals surface area contributed by atoms with E-state index in [-0.39, 0.29) is 18.3 Å². The van der Waals surface area contributed by atoms with Crippen LogP contribution in [0.25, 0.3) is 0 Å². The summed E-state index contributed by atoms with van der Waals surface area (Å²) in [4.78, 5) is 14.4. The van der Waals surface area contributed by atoms with Gasteiger partial charge in [-0.1, -0.05) is 6.07 Å². The monoisotopic (exact) mass is 360 g/mol. The Morgan fingerprint density at radius 3 is 2.81 bits per heavy atom. The van der Waals surface area contributed by atoms with Gasteiger partial charge < -0.3 is 23.9 Å². The predicted molar refractivity (Wildman–Crippen MR) is 95.6 cm³/mol. The van der Waals surface area contributed by atoms with Crippen molar-refractivity contribution >= 4 is 5.91 Å². The van der Waals surface area contributed by atoms with Gasteiger partial charge in [-0.25, -0.2) is 0 Å². The van der Waals surface area contributed by atoms with Crippen LogP contribution in [0.4, 0.5) is 0 Å². The average Bonchev–Trinajstić information content (AvgIpc) is 3.16. The summed E-state index contributed by atoms with van der Waals surface area (Å²) in [5.41, 5.74) is 0. The number of furan rings is 1. The van der Waals surface area contributed by atoms with Gasteiger partial charge in [-0.05, 0) is 24.3 Å². The van der Waals surface area contributed by atoms with E-state index in [1.165, 1.54) is 0 Å². The summed E-state index contributed by atoms with van der Waals surface area (Å²) in [5, 5.41) is 2.88. The van der Waals surface area contributed by atoms with Gasteiger partial charge in [0.2, 0.25) is 0 Å². The number of benzene rings is 1. The molecule has 7 nitrogen and oxygen atoms in total. The highest BCUT2D eigenvalue weighted by Crippen LogP contribution is 2.20. The highest BCUT2D eigenvalue weighted by atomic mass is 16.5. The highest BCUT2D eigenvalue weighted by molar-refractivity contribution is 5.91. The minimum absolute atomic E-state index is 0.217. The second kappa shape index (κ2) is 9.26. The summed E-state index contributed by atoms with van der Waals surface area (Å²) >= 11 is 0. The molecule has 1 aliphatic heterocycles. The van der Waals surface area contributed by atoms with Gasteiger partial charge in [0, 0.05) is 32.2 Å². The molecule has 0 unspecified atom stereocenters. The summed E-state index contributed by atoms with van der Waals surface area (Å²) in [6, 6.07) is 10.7. The summed E-state index contributed by atoms with van der Waals surface area (Å²) in [7, 11) is 1.61. The number of amides is 1. The average molecular weight is 360 g/mol. The van der Waals surface area contributed by atoms with Gasteiger partial charge in [0.15, 0.2) is 5.76 Å². The zero-order chi connectivity index (χ0) is 18.2.